The summed E-state index contributed by atoms with van der Waals surface area (Å²) in [7, 11) is 0. The molecule has 3 rings (SSSR count). The van der Waals surface area contributed by atoms with Crippen LogP contribution in [-0.4, -0.2) is 25.0 Å². The third-order valence-corrected chi connectivity index (χ3v) is 4.43. The standard InChI is InChI=1S/C22H16Cl2O4/c23-16-10-11-20(19(24)14-16)27-12-13-28-22(26)18-9-5-4-8-17(18)21(25)15-6-2-1-3-7-15/h1-11,14H,12-13H2. The molecule has 0 unspecified atom stereocenters. The van der Waals surface area contributed by atoms with Gasteiger partial charge in [0.25, 0.3) is 0 Å². The van der Waals surface area contributed by atoms with Gasteiger partial charge in [0.1, 0.15) is 19.0 Å². The maximum Gasteiger partial charge on any atom is 0.339 e. The van der Waals surface area contributed by atoms with Crippen molar-refractivity contribution in [1.29, 1.82) is 0 Å². The first-order chi connectivity index (χ1) is 13.6. The maximum absolute atomic E-state index is 12.7. The molecule has 28 heavy (non-hydrogen) atoms. The first kappa shape index (κ1) is 19.9. The minimum absolute atomic E-state index is 0.00561. The quantitative estimate of drug-likeness (QED) is 0.292. The van der Waals surface area contributed by atoms with Crippen molar-refractivity contribution in [2.24, 2.45) is 0 Å². The molecule has 3 aromatic rings. The lowest BCUT2D eigenvalue weighted by atomic mass is 9.98. The Morgan fingerprint density at radius 3 is 2.18 bits per heavy atom. The molecule has 6 heteroatoms. The summed E-state index contributed by atoms with van der Waals surface area (Å²) in [6.45, 7) is 0.119. The average molecular weight is 415 g/mol. The maximum atomic E-state index is 12.7. The minimum Gasteiger partial charge on any atom is -0.488 e. The van der Waals surface area contributed by atoms with Crippen LogP contribution in [0.15, 0.2) is 72.8 Å². The average Bonchev–Trinajstić information content (AvgIpc) is 2.72. The van der Waals surface area contributed by atoms with Crippen molar-refractivity contribution >= 4 is 35.0 Å². The Hall–Kier alpha value is -2.82. The molecule has 0 amide bonds. The lowest BCUT2D eigenvalue weighted by Crippen LogP contribution is -2.16. The lowest BCUT2D eigenvalue weighted by molar-refractivity contribution is 0.0448. The van der Waals surface area contributed by atoms with E-state index < -0.39 is 5.97 Å². The third-order valence-electron chi connectivity index (χ3n) is 3.90. The highest BCUT2D eigenvalue weighted by molar-refractivity contribution is 6.35. The van der Waals surface area contributed by atoms with E-state index in [1.54, 1.807) is 66.7 Å². The number of benzene rings is 3. The van der Waals surface area contributed by atoms with E-state index in [1.165, 1.54) is 0 Å². The van der Waals surface area contributed by atoms with Crippen molar-refractivity contribution in [3.8, 4) is 5.75 Å². The summed E-state index contributed by atoms with van der Waals surface area (Å²) in [5, 5.41) is 0.876. The number of rotatable bonds is 7. The molecular formula is C22H16Cl2O4. The zero-order chi connectivity index (χ0) is 19.9. The Kier molecular flexibility index (Phi) is 6.69. The van der Waals surface area contributed by atoms with Crippen molar-refractivity contribution in [2.75, 3.05) is 13.2 Å². The molecule has 0 heterocycles. The molecule has 3 aromatic carbocycles. The molecular weight excluding hydrogens is 399 g/mol. The van der Waals surface area contributed by atoms with Gasteiger partial charge in [-0.25, -0.2) is 4.79 Å². The predicted molar refractivity (Wildman–Crippen MR) is 109 cm³/mol. The van der Waals surface area contributed by atoms with Gasteiger partial charge in [-0.2, -0.15) is 0 Å². The van der Waals surface area contributed by atoms with Crippen LogP contribution in [0.2, 0.25) is 10.0 Å². The second-order valence-electron chi connectivity index (χ2n) is 5.80. The van der Waals surface area contributed by atoms with Crippen LogP contribution in [0.3, 0.4) is 0 Å². The highest BCUT2D eigenvalue weighted by atomic mass is 35.5. The molecule has 0 aliphatic rings. The molecule has 0 fully saturated rings. The first-order valence-corrected chi connectivity index (χ1v) is 9.25. The van der Waals surface area contributed by atoms with Crippen molar-refractivity contribution in [3.05, 3.63) is 99.5 Å². The minimum atomic E-state index is -0.592. The Labute approximate surface area is 172 Å². The zero-order valence-corrected chi connectivity index (χ0v) is 16.2. The van der Waals surface area contributed by atoms with Crippen LogP contribution in [0.25, 0.3) is 0 Å². The largest absolute Gasteiger partial charge is 0.488 e. The summed E-state index contributed by atoms with van der Waals surface area (Å²) >= 11 is 11.9. The lowest BCUT2D eigenvalue weighted by Gasteiger charge is -2.11. The molecule has 0 saturated carbocycles. The SMILES string of the molecule is O=C(OCCOc1ccc(Cl)cc1Cl)c1ccccc1C(=O)c1ccccc1. The van der Waals surface area contributed by atoms with E-state index in [9.17, 15) is 9.59 Å². The number of carbonyl (C=O) groups excluding carboxylic acids is 2. The second kappa shape index (κ2) is 9.40. The summed E-state index contributed by atoms with van der Waals surface area (Å²) < 4.78 is 10.7. The number of halogens is 2. The van der Waals surface area contributed by atoms with E-state index >= 15 is 0 Å². The molecule has 0 radical (unpaired) electrons. The molecule has 0 atom stereocenters. The fraction of sp³-hybridized carbons (Fsp3) is 0.0909. The van der Waals surface area contributed by atoms with E-state index in [-0.39, 0.29) is 24.6 Å². The Balaban J connectivity index is 1.63. The van der Waals surface area contributed by atoms with Gasteiger partial charge in [0.05, 0.1) is 10.6 Å². The van der Waals surface area contributed by atoms with Gasteiger partial charge in [0.2, 0.25) is 0 Å². The normalized spacial score (nSPS) is 10.4. The van der Waals surface area contributed by atoms with Crippen LogP contribution in [0.4, 0.5) is 0 Å². The number of ether oxygens (including phenoxy) is 2. The van der Waals surface area contributed by atoms with Gasteiger partial charge in [-0.05, 0) is 24.3 Å². The van der Waals surface area contributed by atoms with Crippen molar-refractivity contribution in [2.45, 2.75) is 0 Å². The van der Waals surface area contributed by atoms with Crippen molar-refractivity contribution < 1.29 is 19.1 Å². The fourth-order valence-electron chi connectivity index (χ4n) is 2.56. The molecule has 0 aliphatic heterocycles. The fourth-order valence-corrected chi connectivity index (χ4v) is 3.02. The highest BCUT2D eigenvalue weighted by Gasteiger charge is 2.19. The van der Waals surface area contributed by atoms with E-state index in [0.717, 1.165) is 0 Å². The van der Waals surface area contributed by atoms with Gasteiger partial charge in [0, 0.05) is 16.1 Å². The van der Waals surface area contributed by atoms with Gasteiger partial charge in [-0.3, -0.25) is 4.79 Å². The number of carbonyl (C=O) groups is 2. The van der Waals surface area contributed by atoms with Gasteiger partial charge >= 0.3 is 5.97 Å². The molecule has 0 aliphatic carbocycles. The topological polar surface area (TPSA) is 52.6 Å². The first-order valence-electron chi connectivity index (χ1n) is 8.50. The molecule has 0 bridgehead atoms. The summed E-state index contributed by atoms with van der Waals surface area (Å²) in [6, 6.07) is 20.2. The van der Waals surface area contributed by atoms with E-state index in [2.05, 4.69) is 0 Å². The third kappa shape index (κ3) is 4.91. The van der Waals surface area contributed by atoms with Gasteiger partial charge < -0.3 is 9.47 Å². The number of hydrogen-bond donors (Lipinski definition) is 0. The van der Waals surface area contributed by atoms with Crippen LogP contribution in [0.5, 0.6) is 5.75 Å². The smallest absolute Gasteiger partial charge is 0.339 e. The number of hydrogen-bond acceptors (Lipinski definition) is 4. The summed E-state index contributed by atoms with van der Waals surface area (Å²) in [5.41, 5.74) is 1.00. The van der Waals surface area contributed by atoms with Gasteiger partial charge in [-0.1, -0.05) is 71.7 Å². The molecule has 0 spiro atoms. The van der Waals surface area contributed by atoms with Crippen molar-refractivity contribution in [3.63, 3.8) is 0 Å². The van der Waals surface area contributed by atoms with E-state index in [4.69, 9.17) is 32.7 Å². The van der Waals surface area contributed by atoms with E-state index in [0.29, 0.717) is 26.9 Å². The van der Waals surface area contributed by atoms with Crippen LogP contribution in [0, 0.1) is 0 Å². The van der Waals surface area contributed by atoms with Crippen LogP contribution >= 0.6 is 23.2 Å². The zero-order valence-electron chi connectivity index (χ0n) is 14.7. The monoisotopic (exact) mass is 414 g/mol. The molecule has 4 nitrogen and oxygen atoms in total. The van der Waals surface area contributed by atoms with Gasteiger partial charge in [-0.15, -0.1) is 0 Å². The molecule has 0 aromatic heterocycles. The van der Waals surface area contributed by atoms with Crippen LogP contribution in [-0.2, 0) is 4.74 Å². The van der Waals surface area contributed by atoms with Gasteiger partial charge in [0.15, 0.2) is 5.78 Å². The molecule has 0 saturated heterocycles. The Morgan fingerprint density at radius 1 is 0.786 bits per heavy atom. The second-order valence-corrected chi connectivity index (χ2v) is 6.64. The summed E-state index contributed by atoms with van der Waals surface area (Å²) in [5.74, 6) is -0.384. The summed E-state index contributed by atoms with van der Waals surface area (Å²) in [4.78, 5) is 25.1. The van der Waals surface area contributed by atoms with E-state index in [1.807, 2.05) is 6.07 Å². The van der Waals surface area contributed by atoms with Crippen LogP contribution in [0.1, 0.15) is 26.3 Å². The Bertz CT molecular complexity index is 987. The highest BCUT2D eigenvalue weighted by Crippen LogP contribution is 2.27. The predicted octanol–water partition coefficient (Wildman–Crippen LogP) is 5.46. The molecule has 142 valence electrons. The number of ketones is 1. The summed E-state index contributed by atoms with van der Waals surface area (Å²) in [6.07, 6.45) is 0. The Morgan fingerprint density at radius 2 is 1.46 bits per heavy atom. The molecule has 0 N–H and O–H groups in total. The van der Waals surface area contributed by atoms with Crippen LogP contribution < -0.4 is 4.74 Å². The van der Waals surface area contributed by atoms with Crippen molar-refractivity contribution in [1.82, 2.24) is 0 Å². The number of esters is 1.